The molecule has 1 aromatic rings. The normalized spacial score (nSPS) is 9.21. The fraction of sp³-hybridized carbons (Fsp3) is 0.400. The zero-order valence-electron chi connectivity index (χ0n) is 11.5. The van der Waals surface area contributed by atoms with Crippen LogP contribution in [0.3, 0.4) is 0 Å². The summed E-state index contributed by atoms with van der Waals surface area (Å²) in [7, 11) is 0. The van der Waals surface area contributed by atoms with E-state index in [1.807, 2.05) is 13.8 Å². The highest BCUT2D eigenvalue weighted by Crippen LogP contribution is 2.22. The predicted octanol–water partition coefficient (Wildman–Crippen LogP) is 2.40. The smallest absolute Gasteiger partial charge is 0.384 e. The minimum atomic E-state index is -0.540. The fourth-order valence-electron chi connectivity index (χ4n) is 1.43. The van der Waals surface area contributed by atoms with E-state index in [0.29, 0.717) is 36.9 Å². The Labute approximate surface area is 113 Å². The molecule has 0 aromatic heterocycles. The number of rotatable bonds is 5. The first-order valence-electron chi connectivity index (χ1n) is 6.29. The lowest BCUT2D eigenvalue weighted by molar-refractivity contribution is -0.136. The number of esters is 1. The molecule has 0 aliphatic carbocycles. The number of carbonyl (C=O) groups is 1. The molecular formula is C15H18O4. The second kappa shape index (κ2) is 8.04. The van der Waals surface area contributed by atoms with Crippen molar-refractivity contribution in [3.8, 4) is 23.3 Å². The molecule has 0 aliphatic rings. The lowest BCUT2D eigenvalue weighted by atomic mass is 10.2. The molecule has 0 saturated heterocycles. The molecule has 1 aromatic carbocycles. The lowest BCUT2D eigenvalue weighted by Crippen LogP contribution is -2.00. The Morgan fingerprint density at radius 1 is 1.00 bits per heavy atom. The monoisotopic (exact) mass is 262 g/mol. The summed E-state index contributed by atoms with van der Waals surface area (Å²) in [6.45, 7) is 6.97. The quantitative estimate of drug-likeness (QED) is 0.604. The van der Waals surface area contributed by atoms with Crippen LogP contribution in [0.5, 0.6) is 11.5 Å². The standard InChI is InChI=1S/C15H18O4/c1-4-17-13-9-12(7-8-15(16)19-6-3)10-14(11-13)18-5-2/h9-11H,4-6H2,1-3H3. The molecule has 4 nitrogen and oxygen atoms in total. The zero-order chi connectivity index (χ0) is 14.1. The highest BCUT2D eigenvalue weighted by Gasteiger charge is 2.02. The van der Waals surface area contributed by atoms with E-state index >= 15 is 0 Å². The van der Waals surface area contributed by atoms with Gasteiger partial charge in [-0.25, -0.2) is 4.79 Å². The Morgan fingerprint density at radius 2 is 1.58 bits per heavy atom. The Bertz CT molecular complexity index is 458. The minimum absolute atomic E-state index is 0.316. The fourth-order valence-corrected chi connectivity index (χ4v) is 1.43. The first-order valence-corrected chi connectivity index (χ1v) is 6.29. The summed E-state index contributed by atoms with van der Waals surface area (Å²) >= 11 is 0. The molecule has 4 heteroatoms. The zero-order valence-corrected chi connectivity index (χ0v) is 11.5. The molecule has 0 heterocycles. The maximum atomic E-state index is 11.2. The van der Waals surface area contributed by atoms with Crippen molar-refractivity contribution >= 4 is 5.97 Å². The Kier molecular flexibility index (Phi) is 6.31. The maximum absolute atomic E-state index is 11.2. The van der Waals surface area contributed by atoms with Gasteiger partial charge >= 0.3 is 5.97 Å². The number of hydrogen-bond donors (Lipinski definition) is 0. The van der Waals surface area contributed by atoms with E-state index in [9.17, 15) is 4.79 Å². The molecule has 0 aliphatic heterocycles. The van der Waals surface area contributed by atoms with E-state index in [4.69, 9.17) is 14.2 Å². The van der Waals surface area contributed by atoms with Gasteiger partial charge in [0.2, 0.25) is 0 Å². The van der Waals surface area contributed by atoms with Crippen LogP contribution in [0, 0.1) is 11.8 Å². The molecule has 0 spiro atoms. The van der Waals surface area contributed by atoms with Gasteiger partial charge in [0.05, 0.1) is 19.8 Å². The number of benzene rings is 1. The Hall–Kier alpha value is -2.15. The van der Waals surface area contributed by atoms with Gasteiger partial charge in [0.15, 0.2) is 0 Å². The molecular weight excluding hydrogens is 244 g/mol. The van der Waals surface area contributed by atoms with Crippen LogP contribution in [-0.2, 0) is 9.53 Å². The molecule has 0 atom stereocenters. The van der Waals surface area contributed by atoms with Crippen molar-refractivity contribution in [3.63, 3.8) is 0 Å². The van der Waals surface area contributed by atoms with Crippen molar-refractivity contribution in [2.75, 3.05) is 19.8 Å². The third-order valence-corrected chi connectivity index (χ3v) is 2.09. The molecule has 0 unspecified atom stereocenters. The summed E-state index contributed by atoms with van der Waals surface area (Å²) in [6, 6.07) is 5.32. The van der Waals surface area contributed by atoms with Crippen molar-refractivity contribution in [2.24, 2.45) is 0 Å². The van der Waals surface area contributed by atoms with Crippen LogP contribution in [0.4, 0.5) is 0 Å². The first kappa shape index (κ1) is 14.9. The highest BCUT2D eigenvalue weighted by atomic mass is 16.5. The van der Waals surface area contributed by atoms with Crippen LogP contribution in [0.2, 0.25) is 0 Å². The largest absolute Gasteiger partial charge is 0.494 e. The molecule has 1 rings (SSSR count). The average molecular weight is 262 g/mol. The third-order valence-electron chi connectivity index (χ3n) is 2.09. The molecule has 102 valence electrons. The van der Waals surface area contributed by atoms with E-state index in [1.54, 1.807) is 25.1 Å². The second-order valence-corrected chi connectivity index (χ2v) is 3.53. The first-order chi connectivity index (χ1) is 9.19. The lowest BCUT2D eigenvalue weighted by Gasteiger charge is -2.08. The van der Waals surface area contributed by atoms with Gasteiger partial charge in [0.25, 0.3) is 0 Å². The predicted molar refractivity (Wildman–Crippen MR) is 72.3 cm³/mol. The molecule has 19 heavy (non-hydrogen) atoms. The van der Waals surface area contributed by atoms with Crippen LogP contribution in [0.1, 0.15) is 26.3 Å². The van der Waals surface area contributed by atoms with Crippen molar-refractivity contribution in [1.82, 2.24) is 0 Å². The molecule has 0 saturated carbocycles. The van der Waals surface area contributed by atoms with Gasteiger partial charge in [0.1, 0.15) is 11.5 Å². The summed E-state index contributed by atoms with van der Waals surface area (Å²) in [6.07, 6.45) is 0. The number of hydrogen-bond acceptors (Lipinski definition) is 4. The SMILES string of the molecule is CCOC(=O)C#Cc1cc(OCC)cc(OCC)c1. The van der Waals surface area contributed by atoms with E-state index < -0.39 is 5.97 Å². The van der Waals surface area contributed by atoms with E-state index in [0.717, 1.165) is 0 Å². The summed E-state index contributed by atoms with van der Waals surface area (Å²) in [5.74, 6) is 5.96. The van der Waals surface area contributed by atoms with E-state index in [2.05, 4.69) is 11.8 Å². The molecule has 0 bridgehead atoms. The van der Waals surface area contributed by atoms with Crippen molar-refractivity contribution < 1.29 is 19.0 Å². The van der Waals surface area contributed by atoms with Crippen molar-refractivity contribution in [1.29, 1.82) is 0 Å². The summed E-state index contributed by atoms with van der Waals surface area (Å²) in [5.41, 5.74) is 0.655. The van der Waals surface area contributed by atoms with Gasteiger partial charge in [-0.2, -0.15) is 0 Å². The van der Waals surface area contributed by atoms with Crippen molar-refractivity contribution in [3.05, 3.63) is 23.8 Å². The molecule has 0 fully saturated rings. The van der Waals surface area contributed by atoms with E-state index in [-0.39, 0.29) is 0 Å². The topological polar surface area (TPSA) is 44.8 Å². The molecule has 0 N–H and O–H groups in total. The van der Waals surface area contributed by atoms with Crippen LogP contribution in [0.25, 0.3) is 0 Å². The average Bonchev–Trinajstić information content (AvgIpc) is 2.37. The van der Waals surface area contributed by atoms with Crippen LogP contribution in [-0.4, -0.2) is 25.8 Å². The second-order valence-electron chi connectivity index (χ2n) is 3.53. The minimum Gasteiger partial charge on any atom is -0.494 e. The highest BCUT2D eigenvalue weighted by molar-refractivity contribution is 5.89. The van der Waals surface area contributed by atoms with Gasteiger partial charge < -0.3 is 14.2 Å². The van der Waals surface area contributed by atoms with Gasteiger partial charge in [-0.1, -0.05) is 5.92 Å². The van der Waals surface area contributed by atoms with Crippen LogP contribution in [0.15, 0.2) is 18.2 Å². The number of carbonyl (C=O) groups excluding carboxylic acids is 1. The van der Waals surface area contributed by atoms with Crippen molar-refractivity contribution in [2.45, 2.75) is 20.8 Å². The van der Waals surface area contributed by atoms with E-state index in [1.165, 1.54) is 0 Å². The van der Waals surface area contributed by atoms with Crippen LogP contribution < -0.4 is 9.47 Å². The van der Waals surface area contributed by atoms with Gasteiger partial charge in [0, 0.05) is 17.6 Å². The third kappa shape index (κ3) is 5.35. The Balaban J connectivity index is 2.95. The summed E-state index contributed by atoms with van der Waals surface area (Å²) < 4.78 is 15.6. The Morgan fingerprint density at radius 3 is 2.05 bits per heavy atom. The summed E-state index contributed by atoms with van der Waals surface area (Å²) in [4.78, 5) is 11.2. The maximum Gasteiger partial charge on any atom is 0.384 e. The molecule has 0 amide bonds. The molecule has 0 radical (unpaired) electrons. The van der Waals surface area contributed by atoms with Crippen LogP contribution >= 0.6 is 0 Å². The summed E-state index contributed by atoms with van der Waals surface area (Å²) in [5, 5.41) is 0. The van der Waals surface area contributed by atoms with Gasteiger partial charge in [-0.15, -0.1) is 0 Å². The van der Waals surface area contributed by atoms with Gasteiger partial charge in [-0.3, -0.25) is 0 Å². The number of ether oxygens (including phenoxy) is 3. The van der Waals surface area contributed by atoms with Gasteiger partial charge in [-0.05, 0) is 32.9 Å².